The number of hydrogen-bond acceptors (Lipinski definition) is 2. The van der Waals surface area contributed by atoms with Crippen LogP contribution in [0.5, 0.6) is 0 Å². The van der Waals surface area contributed by atoms with E-state index in [9.17, 15) is 5.11 Å². The Morgan fingerprint density at radius 1 is 1.07 bits per heavy atom. The average Bonchev–Trinajstić information content (AvgIpc) is 2.10. The highest BCUT2D eigenvalue weighted by atomic mass is 16.3. The fourth-order valence-electron chi connectivity index (χ4n) is 2.22. The van der Waals surface area contributed by atoms with Crippen LogP contribution in [-0.2, 0) is 0 Å². The van der Waals surface area contributed by atoms with E-state index in [1.165, 1.54) is 45.2 Å². The summed E-state index contributed by atoms with van der Waals surface area (Å²) in [6.45, 7) is 5.42. The summed E-state index contributed by atoms with van der Waals surface area (Å²) in [7, 11) is 0. The molecule has 1 fully saturated rings. The Balaban J connectivity index is 2.19. The second-order valence-electron chi connectivity index (χ2n) is 4.51. The molecule has 0 aromatic heterocycles. The maximum atomic E-state index is 9.72. The third kappa shape index (κ3) is 4.97. The van der Waals surface area contributed by atoms with Gasteiger partial charge in [0.15, 0.2) is 0 Å². The molecule has 1 heterocycles. The number of β-amino-alcohol motifs (C(OH)–C–C–N with tert-alkyl or cyclic N) is 1. The molecular formula is C12H25NO. The minimum absolute atomic E-state index is 0.0978. The first-order valence-electron chi connectivity index (χ1n) is 6.23. The van der Waals surface area contributed by atoms with Gasteiger partial charge in [0.05, 0.1) is 6.10 Å². The van der Waals surface area contributed by atoms with E-state index in [4.69, 9.17) is 0 Å². The zero-order chi connectivity index (χ0) is 10.2. The smallest absolute Gasteiger partial charge is 0.0667 e. The van der Waals surface area contributed by atoms with Gasteiger partial charge in [-0.3, -0.25) is 0 Å². The Kier molecular flexibility index (Phi) is 6.20. The van der Waals surface area contributed by atoms with Crippen LogP contribution in [0.25, 0.3) is 0 Å². The molecule has 0 aromatic rings. The monoisotopic (exact) mass is 199 g/mol. The van der Waals surface area contributed by atoms with Gasteiger partial charge in [-0.25, -0.2) is 0 Å². The van der Waals surface area contributed by atoms with Crippen LogP contribution in [0.1, 0.15) is 51.9 Å². The Hall–Kier alpha value is -0.0800. The number of rotatable bonds is 4. The van der Waals surface area contributed by atoms with Crippen molar-refractivity contribution in [1.29, 1.82) is 0 Å². The molecule has 1 N–H and O–H groups in total. The van der Waals surface area contributed by atoms with E-state index in [-0.39, 0.29) is 6.10 Å². The zero-order valence-corrected chi connectivity index (χ0v) is 9.54. The standard InChI is InChI=1S/C12H25NO/c1-2-8-12(14)11-13-9-6-4-3-5-7-10-13/h12,14H,2-11H2,1H3. The molecule has 0 aromatic carbocycles. The van der Waals surface area contributed by atoms with E-state index in [2.05, 4.69) is 11.8 Å². The molecule has 0 saturated carbocycles. The molecule has 1 unspecified atom stereocenters. The van der Waals surface area contributed by atoms with Crippen molar-refractivity contribution in [3.63, 3.8) is 0 Å². The van der Waals surface area contributed by atoms with Crippen molar-refractivity contribution in [3.8, 4) is 0 Å². The van der Waals surface area contributed by atoms with Crippen LogP contribution in [0.4, 0.5) is 0 Å². The summed E-state index contributed by atoms with van der Waals surface area (Å²) >= 11 is 0. The Bertz CT molecular complexity index is 130. The van der Waals surface area contributed by atoms with Gasteiger partial charge in [-0.05, 0) is 32.4 Å². The first-order chi connectivity index (χ1) is 6.83. The summed E-state index contributed by atoms with van der Waals surface area (Å²) in [5.74, 6) is 0. The number of aliphatic hydroxyl groups excluding tert-OH is 1. The summed E-state index contributed by atoms with van der Waals surface area (Å²) in [6, 6.07) is 0. The minimum atomic E-state index is -0.0978. The molecule has 0 amide bonds. The molecule has 14 heavy (non-hydrogen) atoms. The Morgan fingerprint density at radius 2 is 1.64 bits per heavy atom. The number of likely N-dealkylation sites (tertiary alicyclic amines) is 1. The van der Waals surface area contributed by atoms with Gasteiger partial charge in [-0.15, -0.1) is 0 Å². The first-order valence-corrected chi connectivity index (χ1v) is 6.23. The van der Waals surface area contributed by atoms with Gasteiger partial charge in [0.25, 0.3) is 0 Å². The van der Waals surface area contributed by atoms with E-state index in [1.54, 1.807) is 0 Å². The van der Waals surface area contributed by atoms with Gasteiger partial charge in [-0.2, -0.15) is 0 Å². The molecule has 0 spiro atoms. The Labute approximate surface area is 88.3 Å². The number of aliphatic hydroxyl groups is 1. The SMILES string of the molecule is CCCC(O)CN1CCCCCCC1. The van der Waals surface area contributed by atoms with Gasteiger partial charge in [-0.1, -0.05) is 32.6 Å². The fourth-order valence-corrected chi connectivity index (χ4v) is 2.22. The highest BCUT2D eigenvalue weighted by molar-refractivity contribution is 4.66. The third-order valence-electron chi connectivity index (χ3n) is 3.04. The van der Waals surface area contributed by atoms with Crippen molar-refractivity contribution in [2.24, 2.45) is 0 Å². The van der Waals surface area contributed by atoms with E-state index in [0.717, 1.165) is 19.4 Å². The van der Waals surface area contributed by atoms with E-state index in [0.29, 0.717) is 0 Å². The maximum absolute atomic E-state index is 9.72. The summed E-state index contributed by atoms with van der Waals surface area (Å²) < 4.78 is 0. The molecule has 1 atom stereocenters. The van der Waals surface area contributed by atoms with E-state index >= 15 is 0 Å². The number of nitrogens with zero attached hydrogens (tertiary/aromatic N) is 1. The van der Waals surface area contributed by atoms with Crippen LogP contribution in [0.15, 0.2) is 0 Å². The molecule has 1 aliphatic rings. The van der Waals surface area contributed by atoms with Gasteiger partial charge in [0.1, 0.15) is 0 Å². The summed E-state index contributed by atoms with van der Waals surface area (Å²) in [6.07, 6.45) is 8.74. The highest BCUT2D eigenvalue weighted by Crippen LogP contribution is 2.11. The Morgan fingerprint density at radius 3 is 2.21 bits per heavy atom. The average molecular weight is 199 g/mol. The van der Waals surface area contributed by atoms with Crippen LogP contribution < -0.4 is 0 Å². The fraction of sp³-hybridized carbons (Fsp3) is 1.00. The molecule has 1 aliphatic heterocycles. The molecule has 84 valence electrons. The molecule has 2 heteroatoms. The lowest BCUT2D eigenvalue weighted by Crippen LogP contribution is -2.34. The second-order valence-corrected chi connectivity index (χ2v) is 4.51. The van der Waals surface area contributed by atoms with E-state index < -0.39 is 0 Å². The van der Waals surface area contributed by atoms with Crippen LogP contribution in [0.3, 0.4) is 0 Å². The van der Waals surface area contributed by atoms with Crippen molar-refractivity contribution in [2.75, 3.05) is 19.6 Å². The molecule has 2 nitrogen and oxygen atoms in total. The molecule has 1 rings (SSSR count). The van der Waals surface area contributed by atoms with Gasteiger partial charge >= 0.3 is 0 Å². The normalized spacial score (nSPS) is 22.7. The quantitative estimate of drug-likeness (QED) is 0.751. The molecular weight excluding hydrogens is 174 g/mol. The van der Waals surface area contributed by atoms with Crippen molar-refractivity contribution in [3.05, 3.63) is 0 Å². The van der Waals surface area contributed by atoms with Crippen LogP contribution in [-0.4, -0.2) is 35.7 Å². The predicted octanol–water partition coefficient (Wildman–Crippen LogP) is 2.41. The van der Waals surface area contributed by atoms with Crippen molar-refractivity contribution < 1.29 is 5.11 Å². The van der Waals surface area contributed by atoms with Gasteiger partial charge < -0.3 is 10.0 Å². The van der Waals surface area contributed by atoms with Crippen LogP contribution in [0.2, 0.25) is 0 Å². The summed E-state index contributed by atoms with van der Waals surface area (Å²) in [4.78, 5) is 2.44. The molecule has 1 saturated heterocycles. The van der Waals surface area contributed by atoms with Crippen molar-refractivity contribution >= 4 is 0 Å². The lowest BCUT2D eigenvalue weighted by atomic mass is 10.1. The number of hydrogen-bond donors (Lipinski definition) is 1. The summed E-state index contributed by atoms with van der Waals surface area (Å²) in [5.41, 5.74) is 0. The van der Waals surface area contributed by atoms with Crippen LogP contribution >= 0.6 is 0 Å². The van der Waals surface area contributed by atoms with Gasteiger partial charge in [0, 0.05) is 6.54 Å². The minimum Gasteiger partial charge on any atom is -0.392 e. The first kappa shape index (κ1) is 12.0. The van der Waals surface area contributed by atoms with Crippen LogP contribution in [0, 0.1) is 0 Å². The highest BCUT2D eigenvalue weighted by Gasteiger charge is 2.11. The lowest BCUT2D eigenvalue weighted by Gasteiger charge is -2.26. The lowest BCUT2D eigenvalue weighted by molar-refractivity contribution is 0.0999. The van der Waals surface area contributed by atoms with Crippen molar-refractivity contribution in [1.82, 2.24) is 4.90 Å². The predicted molar refractivity (Wildman–Crippen MR) is 60.4 cm³/mol. The topological polar surface area (TPSA) is 23.5 Å². The third-order valence-corrected chi connectivity index (χ3v) is 3.04. The van der Waals surface area contributed by atoms with E-state index in [1.807, 2.05) is 0 Å². The molecule has 0 aliphatic carbocycles. The zero-order valence-electron chi connectivity index (χ0n) is 9.54. The maximum Gasteiger partial charge on any atom is 0.0667 e. The van der Waals surface area contributed by atoms with Gasteiger partial charge in [0.2, 0.25) is 0 Å². The second kappa shape index (κ2) is 7.24. The molecule has 0 radical (unpaired) electrons. The molecule has 0 bridgehead atoms. The largest absolute Gasteiger partial charge is 0.392 e. The van der Waals surface area contributed by atoms with Crippen molar-refractivity contribution in [2.45, 2.75) is 58.0 Å². The summed E-state index contributed by atoms with van der Waals surface area (Å²) in [5, 5.41) is 9.72.